The van der Waals surface area contributed by atoms with Gasteiger partial charge in [0.1, 0.15) is 5.75 Å². The minimum Gasteiger partial charge on any atom is -0.495 e. The second-order valence-electron chi connectivity index (χ2n) is 6.65. The molecular formula is C24H17ClIN3O2. The number of rotatable bonds is 5. The molecule has 4 rings (SSSR count). The molecule has 0 unspecified atom stereocenters. The van der Waals surface area contributed by atoms with Crippen molar-refractivity contribution in [3.63, 3.8) is 0 Å². The third-order valence-corrected chi connectivity index (χ3v) is 5.66. The van der Waals surface area contributed by atoms with E-state index in [0.717, 1.165) is 25.7 Å². The average molecular weight is 542 g/mol. The number of hydrazone groups is 1. The topological polar surface area (TPSA) is 63.6 Å². The fourth-order valence-electron chi connectivity index (χ4n) is 3.23. The number of amides is 1. The Kier molecular flexibility index (Phi) is 6.48. The Labute approximate surface area is 198 Å². The first-order valence-electron chi connectivity index (χ1n) is 9.38. The molecule has 0 aliphatic rings. The summed E-state index contributed by atoms with van der Waals surface area (Å²) in [5, 5.41) is 5.45. The Balaban J connectivity index is 1.68. The summed E-state index contributed by atoms with van der Waals surface area (Å²) in [5.41, 5.74) is 6.17. The predicted octanol–water partition coefficient (Wildman–Crippen LogP) is 5.93. The number of pyridine rings is 1. The fourth-order valence-corrected chi connectivity index (χ4v) is 4.51. The maximum absolute atomic E-state index is 13.0. The molecule has 0 radical (unpaired) electrons. The van der Waals surface area contributed by atoms with Gasteiger partial charge in [-0.3, -0.25) is 4.79 Å². The normalized spacial score (nSPS) is 11.1. The van der Waals surface area contributed by atoms with Gasteiger partial charge in [-0.1, -0.05) is 60.1 Å². The summed E-state index contributed by atoms with van der Waals surface area (Å²) in [5.74, 6) is 0.312. The van der Waals surface area contributed by atoms with Crippen LogP contribution < -0.4 is 10.2 Å². The molecule has 7 heteroatoms. The van der Waals surface area contributed by atoms with Crippen LogP contribution in [0.25, 0.3) is 22.2 Å². The zero-order valence-corrected chi connectivity index (χ0v) is 19.4. The van der Waals surface area contributed by atoms with E-state index in [4.69, 9.17) is 21.3 Å². The van der Waals surface area contributed by atoms with Gasteiger partial charge in [0.2, 0.25) is 0 Å². The summed E-state index contributed by atoms with van der Waals surface area (Å²) in [6.07, 6.45) is 1.52. The van der Waals surface area contributed by atoms with Crippen molar-refractivity contribution >= 4 is 57.2 Å². The highest BCUT2D eigenvalue weighted by molar-refractivity contribution is 14.1. The lowest BCUT2D eigenvalue weighted by atomic mass is 10.0. The van der Waals surface area contributed by atoms with Gasteiger partial charge >= 0.3 is 0 Å². The summed E-state index contributed by atoms with van der Waals surface area (Å²) in [7, 11) is 1.58. The molecule has 0 fully saturated rings. The zero-order chi connectivity index (χ0) is 21.8. The molecule has 1 N–H and O–H groups in total. The van der Waals surface area contributed by atoms with Gasteiger partial charge in [-0.25, -0.2) is 10.4 Å². The summed E-state index contributed by atoms with van der Waals surface area (Å²) in [6.45, 7) is 0. The largest absolute Gasteiger partial charge is 0.495 e. The van der Waals surface area contributed by atoms with Crippen molar-refractivity contribution in [1.29, 1.82) is 0 Å². The summed E-state index contributed by atoms with van der Waals surface area (Å²) in [6, 6.07) is 22.6. The van der Waals surface area contributed by atoms with Crippen LogP contribution in [-0.2, 0) is 0 Å². The quantitative estimate of drug-likeness (QED) is 0.193. The van der Waals surface area contributed by atoms with Gasteiger partial charge in [-0.2, -0.15) is 5.10 Å². The Hall–Kier alpha value is -2.97. The van der Waals surface area contributed by atoms with E-state index in [0.29, 0.717) is 21.9 Å². The van der Waals surface area contributed by atoms with Gasteiger partial charge in [0.25, 0.3) is 5.91 Å². The lowest BCUT2D eigenvalue weighted by Gasteiger charge is -2.09. The summed E-state index contributed by atoms with van der Waals surface area (Å²) < 4.78 is 6.27. The number of para-hydroxylation sites is 1. The number of ether oxygens (including phenoxy) is 1. The van der Waals surface area contributed by atoms with E-state index >= 15 is 0 Å². The van der Waals surface area contributed by atoms with Crippen LogP contribution in [0.4, 0.5) is 0 Å². The molecular weight excluding hydrogens is 525 g/mol. The summed E-state index contributed by atoms with van der Waals surface area (Å²) >= 11 is 8.28. The molecule has 0 aliphatic carbocycles. The van der Waals surface area contributed by atoms with Crippen molar-refractivity contribution in [3.8, 4) is 17.0 Å². The molecule has 5 nitrogen and oxygen atoms in total. The highest BCUT2D eigenvalue weighted by atomic mass is 127. The first-order chi connectivity index (χ1) is 15.1. The lowest BCUT2D eigenvalue weighted by molar-refractivity contribution is 0.0956. The number of aromatic nitrogens is 1. The van der Waals surface area contributed by atoms with Crippen LogP contribution in [0.5, 0.6) is 5.75 Å². The number of fused-ring (bicyclic) bond motifs is 1. The average Bonchev–Trinajstić information content (AvgIpc) is 2.78. The zero-order valence-electron chi connectivity index (χ0n) is 16.5. The maximum atomic E-state index is 13.0. The van der Waals surface area contributed by atoms with E-state index in [1.54, 1.807) is 25.3 Å². The van der Waals surface area contributed by atoms with Crippen LogP contribution in [0, 0.1) is 3.57 Å². The predicted molar refractivity (Wildman–Crippen MR) is 133 cm³/mol. The molecule has 0 saturated carbocycles. The van der Waals surface area contributed by atoms with Crippen molar-refractivity contribution in [2.24, 2.45) is 5.10 Å². The van der Waals surface area contributed by atoms with Gasteiger partial charge in [0.15, 0.2) is 0 Å². The molecule has 4 aromatic rings. The van der Waals surface area contributed by atoms with Crippen LogP contribution in [-0.4, -0.2) is 24.2 Å². The summed E-state index contributed by atoms with van der Waals surface area (Å²) in [4.78, 5) is 17.7. The van der Waals surface area contributed by atoms with Crippen molar-refractivity contribution in [2.75, 3.05) is 7.11 Å². The van der Waals surface area contributed by atoms with Crippen LogP contribution >= 0.6 is 34.2 Å². The number of halogens is 2. The van der Waals surface area contributed by atoms with Gasteiger partial charge in [0, 0.05) is 21.5 Å². The molecule has 0 saturated heterocycles. The van der Waals surface area contributed by atoms with E-state index < -0.39 is 0 Å². The SMILES string of the molecule is COc1c(I)cc(Cl)cc1/C=N\NC(=O)c1cc(-c2ccccc2)nc2ccccc12. The molecule has 1 aromatic heterocycles. The highest BCUT2D eigenvalue weighted by Gasteiger charge is 2.14. The van der Waals surface area contributed by atoms with E-state index in [1.165, 1.54) is 6.21 Å². The fraction of sp³-hybridized carbons (Fsp3) is 0.0417. The number of hydrogen-bond donors (Lipinski definition) is 1. The van der Waals surface area contributed by atoms with Crippen LogP contribution in [0.1, 0.15) is 15.9 Å². The first-order valence-corrected chi connectivity index (χ1v) is 10.8. The molecule has 3 aromatic carbocycles. The number of nitrogens with zero attached hydrogens (tertiary/aromatic N) is 2. The van der Waals surface area contributed by atoms with Crippen LogP contribution in [0.15, 0.2) is 77.9 Å². The van der Waals surface area contributed by atoms with Gasteiger partial charge in [-0.15, -0.1) is 0 Å². The van der Waals surface area contributed by atoms with Crippen molar-refractivity contribution < 1.29 is 9.53 Å². The van der Waals surface area contributed by atoms with Crippen LogP contribution in [0.3, 0.4) is 0 Å². The van der Waals surface area contributed by atoms with E-state index in [1.807, 2.05) is 54.6 Å². The first kappa shape index (κ1) is 21.3. The smallest absolute Gasteiger partial charge is 0.272 e. The standard InChI is InChI=1S/C24H17ClIN3O2/c1-31-23-16(11-17(25)12-20(23)26)14-27-29-24(30)19-13-22(15-7-3-2-4-8-15)28-21-10-6-5-9-18(19)21/h2-14H,1H3,(H,29,30)/b27-14-. The molecule has 1 amide bonds. The molecule has 0 spiro atoms. The van der Waals surface area contributed by atoms with Crippen LogP contribution in [0.2, 0.25) is 5.02 Å². The van der Waals surface area contributed by atoms with Gasteiger partial charge in [0.05, 0.1) is 33.7 Å². The third-order valence-electron chi connectivity index (χ3n) is 4.64. The Morgan fingerprint density at radius 3 is 2.61 bits per heavy atom. The number of benzene rings is 3. The van der Waals surface area contributed by atoms with Crippen molar-refractivity contribution in [3.05, 3.63) is 92.5 Å². The lowest BCUT2D eigenvalue weighted by Crippen LogP contribution is -2.18. The molecule has 0 atom stereocenters. The monoisotopic (exact) mass is 541 g/mol. The number of carbonyl (C=O) groups is 1. The second-order valence-corrected chi connectivity index (χ2v) is 8.25. The molecule has 0 bridgehead atoms. The molecule has 154 valence electrons. The molecule has 0 aliphatic heterocycles. The highest BCUT2D eigenvalue weighted by Crippen LogP contribution is 2.28. The van der Waals surface area contributed by atoms with Gasteiger partial charge in [-0.05, 0) is 46.9 Å². The number of carbonyl (C=O) groups excluding carboxylic acids is 1. The Morgan fingerprint density at radius 1 is 1.10 bits per heavy atom. The number of methoxy groups -OCH3 is 1. The molecule has 31 heavy (non-hydrogen) atoms. The maximum Gasteiger partial charge on any atom is 0.272 e. The number of nitrogens with one attached hydrogen (secondary N) is 1. The van der Waals surface area contributed by atoms with E-state index in [9.17, 15) is 4.79 Å². The third kappa shape index (κ3) is 4.70. The Morgan fingerprint density at radius 2 is 1.84 bits per heavy atom. The van der Waals surface area contributed by atoms with Crippen molar-refractivity contribution in [1.82, 2.24) is 10.4 Å². The second kappa shape index (κ2) is 9.45. The van der Waals surface area contributed by atoms with Crippen molar-refractivity contribution in [2.45, 2.75) is 0 Å². The number of hydrogen-bond acceptors (Lipinski definition) is 4. The van der Waals surface area contributed by atoms with E-state index in [-0.39, 0.29) is 5.91 Å². The minimum atomic E-state index is -0.331. The minimum absolute atomic E-state index is 0.331. The Bertz CT molecular complexity index is 1290. The van der Waals surface area contributed by atoms with Gasteiger partial charge < -0.3 is 4.74 Å². The van der Waals surface area contributed by atoms with E-state index in [2.05, 4.69) is 33.1 Å². The molecule has 1 heterocycles.